The molecule has 0 aliphatic carbocycles. The maximum absolute atomic E-state index is 12.0. The molecule has 0 unspecified atom stereocenters. The van der Waals surface area contributed by atoms with Crippen LogP contribution < -0.4 is 20.1 Å². The van der Waals surface area contributed by atoms with Crippen LogP contribution >= 0.6 is 0 Å². The lowest BCUT2D eigenvalue weighted by Gasteiger charge is -2.15. The average Bonchev–Trinajstić information content (AvgIpc) is 2.63. The minimum atomic E-state index is 0.0302. The zero-order valence-corrected chi connectivity index (χ0v) is 15.7. The van der Waals surface area contributed by atoms with Gasteiger partial charge in [0, 0.05) is 19.5 Å². The van der Waals surface area contributed by atoms with Gasteiger partial charge in [0.1, 0.15) is 11.5 Å². The van der Waals surface area contributed by atoms with Gasteiger partial charge in [-0.25, -0.2) is 0 Å². The molecule has 0 aliphatic heterocycles. The number of amides is 1. The van der Waals surface area contributed by atoms with Gasteiger partial charge in [-0.05, 0) is 50.1 Å². The first-order valence-corrected chi connectivity index (χ1v) is 8.97. The highest BCUT2D eigenvalue weighted by Crippen LogP contribution is 2.24. The van der Waals surface area contributed by atoms with Crippen LogP contribution in [0.4, 0.5) is 5.69 Å². The Morgan fingerprint density at radius 3 is 2.65 bits per heavy atom. The van der Waals surface area contributed by atoms with Gasteiger partial charge in [-0.1, -0.05) is 24.3 Å². The standard InChI is InChI=1S/C21H28N2O3/c1-16(2)26-20-10-5-4-9-19(20)22-14-12-21(24)23-13-11-17-7-6-8-18(15-17)25-3/h4-10,15-16,22H,11-14H2,1-3H3,(H,23,24). The van der Waals surface area contributed by atoms with Crippen LogP contribution in [0.3, 0.4) is 0 Å². The first-order chi connectivity index (χ1) is 12.6. The fraction of sp³-hybridized carbons (Fsp3) is 0.381. The van der Waals surface area contributed by atoms with E-state index >= 15 is 0 Å². The monoisotopic (exact) mass is 356 g/mol. The van der Waals surface area contributed by atoms with E-state index in [0.29, 0.717) is 19.5 Å². The number of carbonyl (C=O) groups is 1. The Hall–Kier alpha value is -2.69. The van der Waals surface area contributed by atoms with Gasteiger partial charge in [0.05, 0.1) is 18.9 Å². The first kappa shape index (κ1) is 19.6. The molecule has 140 valence electrons. The Bertz CT molecular complexity index is 701. The second-order valence-corrected chi connectivity index (χ2v) is 6.29. The summed E-state index contributed by atoms with van der Waals surface area (Å²) in [5.74, 6) is 1.67. The molecule has 5 heteroatoms. The number of para-hydroxylation sites is 2. The van der Waals surface area contributed by atoms with Gasteiger partial charge in [0.25, 0.3) is 0 Å². The number of hydrogen-bond acceptors (Lipinski definition) is 4. The van der Waals surface area contributed by atoms with Crippen molar-refractivity contribution in [1.29, 1.82) is 0 Å². The maximum Gasteiger partial charge on any atom is 0.221 e. The van der Waals surface area contributed by atoms with Crippen LogP contribution in [-0.2, 0) is 11.2 Å². The molecule has 0 aromatic heterocycles. The van der Waals surface area contributed by atoms with Crippen molar-refractivity contribution in [3.05, 3.63) is 54.1 Å². The summed E-state index contributed by atoms with van der Waals surface area (Å²) in [6.07, 6.45) is 1.30. The van der Waals surface area contributed by atoms with Crippen LogP contribution in [0.2, 0.25) is 0 Å². The van der Waals surface area contributed by atoms with E-state index in [1.165, 1.54) is 0 Å². The van der Waals surface area contributed by atoms with Gasteiger partial charge >= 0.3 is 0 Å². The minimum Gasteiger partial charge on any atom is -0.497 e. The molecule has 0 spiro atoms. The van der Waals surface area contributed by atoms with Gasteiger partial charge in [-0.2, -0.15) is 0 Å². The van der Waals surface area contributed by atoms with Crippen LogP contribution in [-0.4, -0.2) is 32.2 Å². The van der Waals surface area contributed by atoms with Crippen LogP contribution in [0.15, 0.2) is 48.5 Å². The molecule has 0 saturated carbocycles. The molecule has 0 saturated heterocycles. The molecule has 1 amide bonds. The van der Waals surface area contributed by atoms with E-state index < -0.39 is 0 Å². The van der Waals surface area contributed by atoms with Crippen molar-refractivity contribution < 1.29 is 14.3 Å². The van der Waals surface area contributed by atoms with Gasteiger partial charge in [0.2, 0.25) is 5.91 Å². The van der Waals surface area contributed by atoms with Crippen molar-refractivity contribution in [3.63, 3.8) is 0 Å². The second-order valence-electron chi connectivity index (χ2n) is 6.29. The average molecular weight is 356 g/mol. The molecule has 0 heterocycles. The van der Waals surface area contributed by atoms with Gasteiger partial charge in [-0.3, -0.25) is 4.79 Å². The lowest BCUT2D eigenvalue weighted by molar-refractivity contribution is -0.120. The highest BCUT2D eigenvalue weighted by Gasteiger charge is 2.06. The van der Waals surface area contributed by atoms with Crippen molar-refractivity contribution in [2.45, 2.75) is 32.8 Å². The van der Waals surface area contributed by atoms with E-state index in [0.717, 1.165) is 29.2 Å². The van der Waals surface area contributed by atoms with E-state index in [9.17, 15) is 4.79 Å². The third-order valence-corrected chi connectivity index (χ3v) is 3.79. The maximum atomic E-state index is 12.0. The summed E-state index contributed by atoms with van der Waals surface area (Å²) in [5, 5.41) is 6.22. The quantitative estimate of drug-likeness (QED) is 0.682. The van der Waals surface area contributed by atoms with E-state index in [-0.39, 0.29) is 12.0 Å². The van der Waals surface area contributed by atoms with Crippen LogP contribution in [0.25, 0.3) is 0 Å². The number of rotatable bonds is 10. The highest BCUT2D eigenvalue weighted by molar-refractivity contribution is 5.76. The summed E-state index contributed by atoms with van der Waals surface area (Å²) < 4.78 is 11.0. The second kappa shape index (κ2) is 10.3. The fourth-order valence-corrected chi connectivity index (χ4v) is 2.54. The number of benzene rings is 2. The molecule has 2 aromatic rings. The van der Waals surface area contributed by atoms with Gasteiger partial charge in [-0.15, -0.1) is 0 Å². The van der Waals surface area contributed by atoms with Crippen molar-refractivity contribution in [3.8, 4) is 11.5 Å². The SMILES string of the molecule is COc1cccc(CCNC(=O)CCNc2ccccc2OC(C)C)c1. The lowest BCUT2D eigenvalue weighted by atomic mass is 10.1. The van der Waals surface area contributed by atoms with Gasteiger partial charge < -0.3 is 20.1 Å². The summed E-state index contributed by atoms with van der Waals surface area (Å²) in [4.78, 5) is 12.0. The molecule has 0 bridgehead atoms. The summed E-state index contributed by atoms with van der Waals surface area (Å²) >= 11 is 0. The largest absolute Gasteiger partial charge is 0.497 e. The zero-order valence-electron chi connectivity index (χ0n) is 15.7. The molecular weight excluding hydrogens is 328 g/mol. The minimum absolute atomic E-state index is 0.0302. The molecule has 0 fully saturated rings. The molecular formula is C21H28N2O3. The molecule has 2 aromatic carbocycles. The molecule has 2 rings (SSSR count). The molecule has 0 radical (unpaired) electrons. The summed E-state index contributed by atoms with van der Waals surface area (Å²) in [6, 6.07) is 15.7. The van der Waals surface area contributed by atoms with E-state index in [4.69, 9.17) is 9.47 Å². The predicted octanol–water partition coefficient (Wildman–Crippen LogP) is 3.64. The normalized spacial score (nSPS) is 10.5. The summed E-state index contributed by atoms with van der Waals surface area (Å²) in [7, 11) is 1.65. The lowest BCUT2D eigenvalue weighted by Crippen LogP contribution is -2.27. The third-order valence-electron chi connectivity index (χ3n) is 3.79. The number of hydrogen-bond donors (Lipinski definition) is 2. The van der Waals surface area contributed by atoms with E-state index in [2.05, 4.69) is 10.6 Å². The van der Waals surface area contributed by atoms with Crippen LogP contribution in [0, 0.1) is 0 Å². The van der Waals surface area contributed by atoms with Crippen molar-refractivity contribution in [1.82, 2.24) is 5.32 Å². The number of anilines is 1. The predicted molar refractivity (Wildman–Crippen MR) is 105 cm³/mol. The Labute approximate surface area is 155 Å². The third kappa shape index (κ3) is 6.67. The molecule has 5 nitrogen and oxygen atoms in total. The molecule has 26 heavy (non-hydrogen) atoms. The number of carbonyl (C=O) groups excluding carboxylic acids is 1. The number of methoxy groups -OCH3 is 1. The fourth-order valence-electron chi connectivity index (χ4n) is 2.54. The smallest absolute Gasteiger partial charge is 0.221 e. The van der Waals surface area contributed by atoms with Crippen LogP contribution in [0.1, 0.15) is 25.8 Å². The molecule has 2 N–H and O–H groups in total. The number of nitrogens with one attached hydrogen (secondary N) is 2. The highest BCUT2D eigenvalue weighted by atomic mass is 16.5. The summed E-state index contributed by atoms with van der Waals surface area (Å²) in [5.41, 5.74) is 2.05. The van der Waals surface area contributed by atoms with Crippen molar-refractivity contribution >= 4 is 11.6 Å². The molecule has 0 aliphatic rings. The zero-order chi connectivity index (χ0) is 18.8. The van der Waals surface area contributed by atoms with Gasteiger partial charge in [0.15, 0.2) is 0 Å². The molecule has 0 atom stereocenters. The topological polar surface area (TPSA) is 59.6 Å². The summed E-state index contributed by atoms with van der Waals surface area (Å²) in [6.45, 7) is 5.15. The Kier molecular flexibility index (Phi) is 7.80. The van der Waals surface area contributed by atoms with E-state index in [1.807, 2.05) is 62.4 Å². The first-order valence-electron chi connectivity index (χ1n) is 8.97. The van der Waals surface area contributed by atoms with Crippen molar-refractivity contribution in [2.75, 3.05) is 25.5 Å². The van der Waals surface area contributed by atoms with E-state index in [1.54, 1.807) is 7.11 Å². The Morgan fingerprint density at radius 1 is 1.08 bits per heavy atom. The van der Waals surface area contributed by atoms with Crippen LogP contribution in [0.5, 0.6) is 11.5 Å². The Balaban J connectivity index is 1.71. The Morgan fingerprint density at radius 2 is 1.88 bits per heavy atom. The number of ether oxygens (including phenoxy) is 2. The van der Waals surface area contributed by atoms with Crippen molar-refractivity contribution in [2.24, 2.45) is 0 Å².